The minimum atomic E-state index is 0. The average Bonchev–Trinajstić information content (AvgIpc) is 2.94. The van der Waals surface area contributed by atoms with Crippen molar-refractivity contribution in [2.75, 3.05) is 27.2 Å². The number of carbonyl (C=O) groups is 1. The number of amides is 1. The van der Waals surface area contributed by atoms with Crippen LogP contribution in [0.4, 0.5) is 0 Å². The van der Waals surface area contributed by atoms with Crippen LogP contribution in [0.2, 0.25) is 0 Å². The van der Waals surface area contributed by atoms with Crippen molar-refractivity contribution in [3.8, 4) is 0 Å². The van der Waals surface area contributed by atoms with Crippen LogP contribution in [0, 0.1) is 12.8 Å². The smallest absolute Gasteiger partial charge is 0.220 e. The molecule has 2 heterocycles. The number of rotatable bonds is 4. The number of nitrogens with zero attached hydrogens (tertiary/aromatic N) is 2. The van der Waals surface area contributed by atoms with Gasteiger partial charge in [0.1, 0.15) is 0 Å². The van der Waals surface area contributed by atoms with Gasteiger partial charge in [-0.3, -0.25) is 9.79 Å². The summed E-state index contributed by atoms with van der Waals surface area (Å²) in [7, 11) is 3.54. The van der Waals surface area contributed by atoms with Crippen LogP contribution in [0.1, 0.15) is 29.7 Å². The number of hydrogen-bond donors (Lipinski definition) is 2. The first-order chi connectivity index (χ1) is 10.6. The van der Waals surface area contributed by atoms with Crippen LogP contribution in [0.25, 0.3) is 0 Å². The second-order valence-corrected chi connectivity index (χ2v) is 6.74. The molecule has 0 aromatic carbocycles. The van der Waals surface area contributed by atoms with Crippen molar-refractivity contribution < 1.29 is 4.79 Å². The Labute approximate surface area is 160 Å². The van der Waals surface area contributed by atoms with Crippen LogP contribution in [0.3, 0.4) is 0 Å². The first-order valence-corrected chi connectivity index (χ1v) is 8.71. The van der Waals surface area contributed by atoms with Gasteiger partial charge in [0.05, 0.1) is 6.54 Å². The van der Waals surface area contributed by atoms with E-state index in [1.165, 1.54) is 10.4 Å². The number of aliphatic imine (C=N–C) groups is 1. The Hall–Kier alpha value is -0.830. The quantitative estimate of drug-likeness (QED) is 0.421. The maximum Gasteiger partial charge on any atom is 0.220 e. The SMILES string of the molecule is CN=C(NCc1sccc1C)N1CCC(CC(=O)NC)CC1.I. The van der Waals surface area contributed by atoms with Crippen LogP contribution in [-0.4, -0.2) is 44.0 Å². The Balaban J connectivity index is 0.00000264. The van der Waals surface area contributed by atoms with Crippen LogP contribution < -0.4 is 10.6 Å². The van der Waals surface area contributed by atoms with Crippen molar-refractivity contribution in [2.24, 2.45) is 10.9 Å². The first-order valence-electron chi connectivity index (χ1n) is 7.83. The average molecular weight is 450 g/mol. The number of likely N-dealkylation sites (tertiary alicyclic amines) is 1. The number of carbonyl (C=O) groups excluding carboxylic acids is 1. The molecular formula is C16H27IN4OS. The van der Waals surface area contributed by atoms with E-state index in [1.54, 1.807) is 18.4 Å². The zero-order valence-electron chi connectivity index (χ0n) is 14.1. The molecule has 0 aliphatic carbocycles. The molecule has 1 aromatic heterocycles. The number of piperidine rings is 1. The van der Waals surface area contributed by atoms with E-state index >= 15 is 0 Å². The molecule has 1 aliphatic rings. The molecule has 1 amide bonds. The molecule has 0 bridgehead atoms. The molecule has 23 heavy (non-hydrogen) atoms. The normalized spacial score (nSPS) is 16.0. The summed E-state index contributed by atoms with van der Waals surface area (Å²) < 4.78 is 0. The third-order valence-electron chi connectivity index (χ3n) is 4.25. The molecule has 1 aliphatic heterocycles. The number of aryl methyl sites for hydroxylation is 1. The molecule has 7 heteroatoms. The second-order valence-electron chi connectivity index (χ2n) is 5.74. The van der Waals surface area contributed by atoms with Crippen LogP contribution in [0.15, 0.2) is 16.4 Å². The molecule has 1 saturated heterocycles. The van der Waals surface area contributed by atoms with Crippen LogP contribution in [0.5, 0.6) is 0 Å². The Kier molecular flexibility index (Phi) is 8.90. The molecule has 1 aromatic rings. The summed E-state index contributed by atoms with van der Waals surface area (Å²) in [6.07, 6.45) is 2.74. The number of thiophene rings is 1. The minimum Gasteiger partial charge on any atom is -0.359 e. The third kappa shape index (κ3) is 5.95. The Morgan fingerprint density at radius 1 is 1.43 bits per heavy atom. The van der Waals surface area contributed by atoms with Gasteiger partial charge in [-0.2, -0.15) is 0 Å². The molecular weight excluding hydrogens is 423 g/mol. The van der Waals surface area contributed by atoms with E-state index in [4.69, 9.17) is 0 Å². The highest BCUT2D eigenvalue weighted by molar-refractivity contribution is 14.0. The van der Waals surface area contributed by atoms with E-state index in [0.717, 1.165) is 38.4 Å². The maximum atomic E-state index is 11.5. The van der Waals surface area contributed by atoms with E-state index in [2.05, 4.69) is 38.9 Å². The number of hydrogen-bond acceptors (Lipinski definition) is 3. The van der Waals surface area contributed by atoms with Gasteiger partial charge in [0.15, 0.2) is 5.96 Å². The van der Waals surface area contributed by atoms with Crippen LogP contribution in [-0.2, 0) is 11.3 Å². The van der Waals surface area contributed by atoms with Crippen LogP contribution >= 0.6 is 35.3 Å². The molecule has 0 spiro atoms. The number of halogens is 1. The highest BCUT2D eigenvalue weighted by atomic mass is 127. The van der Waals surface area contributed by atoms with E-state index in [-0.39, 0.29) is 29.9 Å². The van der Waals surface area contributed by atoms with Gasteiger partial charge in [-0.05, 0) is 42.7 Å². The summed E-state index contributed by atoms with van der Waals surface area (Å²) in [4.78, 5) is 19.5. The largest absolute Gasteiger partial charge is 0.359 e. The van der Waals surface area contributed by atoms with E-state index in [9.17, 15) is 4.79 Å². The monoisotopic (exact) mass is 450 g/mol. The second kappa shape index (κ2) is 10.1. The highest BCUT2D eigenvalue weighted by Crippen LogP contribution is 2.21. The van der Waals surface area contributed by atoms with Crippen molar-refractivity contribution in [1.82, 2.24) is 15.5 Å². The lowest BCUT2D eigenvalue weighted by Crippen LogP contribution is -2.45. The summed E-state index contributed by atoms with van der Waals surface area (Å²) in [5.74, 6) is 1.61. The molecule has 0 saturated carbocycles. The lowest BCUT2D eigenvalue weighted by atomic mass is 9.93. The predicted molar refractivity (Wildman–Crippen MR) is 108 cm³/mol. The van der Waals surface area contributed by atoms with Gasteiger partial charge in [0.25, 0.3) is 0 Å². The standard InChI is InChI=1S/C16H26N4OS.HI/c1-12-6-9-22-14(12)11-19-16(18-3)20-7-4-13(5-8-20)10-15(21)17-2;/h6,9,13H,4-5,7-8,10-11H2,1-3H3,(H,17,21)(H,18,19);1H. The zero-order chi connectivity index (χ0) is 15.9. The lowest BCUT2D eigenvalue weighted by Gasteiger charge is -2.34. The molecule has 1 fully saturated rings. The maximum absolute atomic E-state index is 11.5. The Bertz CT molecular complexity index is 524. The fraction of sp³-hybridized carbons (Fsp3) is 0.625. The molecule has 2 rings (SSSR count). The summed E-state index contributed by atoms with van der Waals surface area (Å²) in [5.41, 5.74) is 1.33. The van der Waals surface area contributed by atoms with Crippen molar-refractivity contribution in [3.63, 3.8) is 0 Å². The topological polar surface area (TPSA) is 56.7 Å². The van der Waals surface area contributed by atoms with E-state index in [0.29, 0.717) is 12.3 Å². The molecule has 0 unspecified atom stereocenters. The van der Waals surface area contributed by atoms with Gasteiger partial charge in [-0.15, -0.1) is 35.3 Å². The molecule has 5 nitrogen and oxygen atoms in total. The minimum absolute atomic E-state index is 0. The molecule has 0 radical (unpaired) electrons. The Morgan fingerprint density at radius 3 is 2.65 bits per heavy atom. The molecule has 130 valence electrons. The van der Waals surface area contributed by atoms with Gasteiger partial charge in [0.2, 0.25) is 5.91 Å². The zero-order valence-corrected chi connectivity index (χ0v) is 17.2. The van der Waals surface area contributed by atoms with Crippen molar-refractivity contribution in [2.45, 2.75) is 32.7 Å². The van der Waals surface area contributed by atoms with Gasteiger partial charge in [-0.25, -0.2) is 0 Å². The van der Waals surface area contributed by atoms with Gasteiger partial charge >= 0.3 is 0 Å². The number of guanidine groups is 1. The van der Waals surface area contributed by atoms with E-state index in [1.807, 2.05) is 7.05 Å². The number of nitrogens with one attached hydrogen (secondary N) is 2. The Morgan fingerprint density at radius 2 is 2.13 bits per heavy atom. The van der Waals surface area contributed by atoms with Gasteiger partial charge < -0.3 is 15.5 Å². The fourth-order valence-electron chi connectivity index (χ4n) is 2.79. The molecule has 0 atom stereocenters. The summed E-state index contributed by atoms with van der Waals surface area (Å²) in [6.45, 7) is 4.89. The van der Waals surface area contributed by atoms with Crippen molar-refractivity contribution in [1.29, 1.82) is 0 Å². The predicted octanol–water partition coefficient (Wildman–Crippen LogP) is 2.60. The fourth-order valence-corrected chi connectivity index (χ4v) is 3.64. The third-order valence-corrected chi connectivity index (χ3v) is 5.28. The van der Waals surface area contributed by atoms with Crippen molar-refractivity contribution in [3.05, 3.63) is 21.9 Å². The highest BCUT2D eigenvalue weighted by Gasteiger charge is 2.23. The van der Waals surface area contributed by atoms with Crippen molar-refractivity contribution >= 4 is 47.2 Å². The lowest BCUT2D eigenvalue weighted by molar-refractivity contribution is -0.121. The summed E-state index contributed by atoms with van der Waals surface area (Å²) >= 11 is 1.78. The van der Waals surface area contributed by atoms with E-state index < -0.39 is 0 Å². The molecule has 2 N–H and O–H groups in total. The summed E-state index contributed by atoms with van der Waals surface area (Å²) in [5, 5.41) is 8.29. The summed E-state index contributed by atoms with van der Waals surface area (Å²) in [6, 6.07) is 2.15. The van der Waals surface area contributed by atoms with Gasteiger partial charge in [-0.1, -0.05) is 0 Å². The first kappa shape index (κ1) is 20.2. The van der Waals surface area contributed by atoms with Gasteiger partial charge in [0, 0.05) is 38.5 Å².